The van der Waals surface area contributed by atoms with Crippen molar-refractivity contribution in [2.45, 2.75) is 83.8 Å². The molecule has 0 aromatic heterocycles. The van der Waals surface area contributed by atoms with E-state index in [1.165, 1.54) is 107 Å². The van der Waals surface area contributed by atoms with Crippen molar-refractivity contribution in [2.24, 2.45) is 5.92 Å². The first kappa shape index (κ1) is 36.2. The summed E-state index contributed by atoms with van der Waals surface area (Å²) in [5, 5.41) is 0. The molecule has 4 nitrogen and oxygen atoms in total. The standard InChI is InChI=1S/C58H52N4/c1-35-23-27-47(37(3)31-35)59(39-15-7-5-8-16-39)51-29-25-41-45-33-54-46(34-53(45)61-49-21-13-11-19-43(49)55(51)57(41)61)42-26-30-52(56-44-20-12-14-22-50(44)62(54)58(42)56)60(40-17-9-6-10-18-40)48-28-24-36(2)32-38(48)4/h5,7-9,11,13,15-27,29-34,48,55-58H,6,10,12,14,28H2,1-4H3/t48?,55-,56?,57?,58?/m0/s1. The molecule has 0 N–H and O–H groups in total. The molecule has 4 aliphatic heterocycles. The minimum Gasteiger partial charge on any atom is -0.337 e. The second-order valence-electron chi connectivity index (χ2n) is 18.8. The van der Waals surface area contributed by atoms with Gasteiger partial charge in [-0.1, -0.05) is 114 Å². The predicted octanol–water partition coefficient (Wildman–Crippen LogP) is 13.9. The van der Waals surface area contributed by atoms with Gasteiger partial charge in [-0.2, -0.15) is 0 Å². The molecule has 4 aromatic rings. The number of nitrogens with zero attached hydrogens (tertiary/aromatic N) is 4. The number of fused-ring (bicyclic) bond motifs is 12. The Hall–Kier alpha value is -6.52. The smallest absolute Gasteiger partial charge is 0.0723 e. The van der Waals surface area contributed by atoms with Gasteiger partial charge in [-0.15, -0.1) is 0 Å². The van der Waals surface area contributed by atoms with Gasteiger partial charge in [0, 0.05) is 51.0 Å². The van der Waals surface area contributed by atoms with E-state index in [1.54, 1.807) is 0 Å². The summed E-state index contributed by atoms with van der Waals surface area (Å²) in [5.41, 5.74) is 26.0. The van der Waals surface area contributed by atoms with E-state index in [4.69, 9.17) is 0 Å². The third-order valence-corrected chi connectivity index (χ3v) is 15.2. The van der Waals surface area contributed by atoms with Crippen LogP contribution in [0.5, 0.6) is 0 Å². The minimum absolute atomic E-state index is 0.165. The number of hydrogen-bond acceptors (Lipinski definition) is 4. The molecule has 5 atom stereocenters. The van der Waals surface area contributed by atoms with Gasteiger partial charge in [0.25, 0.3) is 0 Å². The first-order chi connectivity index (χ1) is 30.4. The molecule has 1 fully saturated rings. The quantitative estimate of drug-likeness (QED) is 0.192. The van der Waals surface area contributed by atoms with Crippen molar-refractivity contribution in [3.63, 3.8) is 0 Å². The maximum absolute atomic E-state index is 2.76. The topological polar surface area (TPSA) is 13.0 Å². The zero-order valence-electron chi connectivity index (χ0n) is 36.1. The summed E-state index contributed by atoms with van der Waals surface area (Å²) in [6.07, 6.45) is 32.6. The van der Waals surface area contributed by atoms with Gasteiger partial charge in [0.2, 0.25) is 0 Å². The van der Waals surface area contributed by atoms with E-state index in [9.17, 15) is 0 Å². The van der Waals surface area contributed by atoms with Crippen LogP contribution in [0.25, 0.3) is 11.1 Å². The van der Waals surface area contributed by atoms with E-state index in [1.807, 2.05) is 0 Å². The van der Waals surface area contributed by atoms with Crippen molar-refractivity contribution < 1.29 is 0 Å². The molecule has 4 aromatic carbocycles. The molecule has 1 saturated heterocycles. The van der Waals surface area contributed by atoms with E-state index < -0.39 is 0 Å². The number of para-hydroxylation sites is 2. The van der Waals surface area contributed by atoms with Crippen LogP contribution in [0.3, 0.4) is 0 Å². The summed E-state index contributed by atoms with van der Waals surface area (Å²) < 4.78 is 0. The predicted molar refractivity (Wildman–Crippen MR) is 258 cm³/mol. The normalized spacial score (nSPS) is 25.4. The van der Waals surface area contributed by atoms with Gasteiger partial charge in [-0.05, 0) is 142 Å². The van der Waals surface area contributed by atoms with Crippen molar-refractivity contribution in [1.82, 2.24) is 4.90 Å². The molecule has 0 amide bonds. The Kier molecular flexibility index (Phi) is 7.87. The Morgan fingerprint density at radius 1 is 0.597 bits per heavy atom. The SMILES string of the molecule is CC1=CCC(N(C2=CCCC=C2)C2=CC=C3c4cc5c(cc4N4C6=CCCC=C6C2C34)C2=CC=C(N(c3ccccc3)c3ccc(C)cc3C)[C@@H]3c4ccccc4N5C23)C(C)=C1. The number of allylic oxidation sites excluding steroid dienone is 12. The Bertz CT molecular complexity index is 2980. The van der Waals surface area contributed by atoms with Crippen molar-refractivity contribution >= 4 is 39.6 Å². The molecule has 304 valence electrons. The molecule has 4 unspecified atom stereocenters. The number of aryl methyl sites for hydroxylation is 2. The highest BCUT2D eigenvalue weighted by molar-refractivity contribution is 6.05. The van der Waals surface area contributed by atoms with E-state index in [2.05, 4.69) is 199 Å². The van der Waals surface area contributed by atoms with Gasteiger partial charge in [0.15, 0.2) is 0 Å². The third-order valence-electron chi connectivity index (χ3n) is 15.2. The molecule has 9 aliphatic rings. The molecule has 0 spiro atoms. The summed E-state index contributed by atoms with van der Waals surface area (Å²) in [6, 6.07) is 33.0. The summed E-state index contributed by atoms with van der Waals surface area (Å²) >= 11 is 0. The van der Waals surface area contributed by atoms with Gasteiger partial charge >= 0.3 is 0 Å². The zero-order valence-corrected chi connectivity index (χ0v) is 36.1. The van der Waals surface area contributed by atoms with Crippen molar-refractivity contribution in [2.75, 3.05) is 14.7 Å². The average molecular weight is 805 g/mol. The lowest BCUT2D eigenvalue weighted by atomic mass is 9.79. The number of benzene rings is 4. The minimum atomic E-state index is 0.165. The van der Waals surface area contributed by atoms with Crippen LogP contribution in [0.2, 0.25) is 0 Å². The van der Waals surface area contributed by atoms with Crippen LogP contribution in [0.4, 0.5) is 28.4 Å². The molecule has 5 aliphatic carbocycles. The summed E-state index contributed by atoms with van der Waals surface area (Å²) in [5.74, 6) is 0.427. The summed E-state index contributed by atoms with van der Waals surface area (Å²) in [4.78, 5) is 10.7. The van der Waals surface area contributed by atoms with Crippen LogP contribution < -0.4 is 14.7 Å². The lowest BCUT2D eigenvalue weighted by molar-refractivity contribution is 0.321. The van der Waals surface area contributed by atoms with Crippen molar-refractivity contribution in [3.8, 4) is 0 Å². The van der Waals surface area contributed by atoms with E-state index in [0.717, 1.165) is 32.1 Å². The van der Waals surface area contributed by atoms with Crippen LogP contribution in [0, 0.1) is 19.8 Å². The van der Waals surface area contributed by atoms with Crippen LogP contribution in [0.15, 0.2) is 191 Å². The molecular formula is C58H52N4. The molecular weight excluding hydrogens is 753 g/mol. The highest BCUT2D eigenvalue weighted by atomic mass is 15.3. The molecule has 0 bridgehead atoms. The lowest BCUT2D eigenvalue weighted by Crippen LogP contribution is -2.41. The first-order valence-corrected chi connectivity index (χ1v) is 23.0. The number of hydrogen-bond donors (Lipinski definition) is 0. The van der Waals surface area contributed by atoms with E-state index in [0.29, 0.717) is 6.04 Å². The highest BCUT2D eigenvalue weighted by Gasteiger charge is 2.56. The monoisotopic (exact) mass is 804 g/mol. The largest absolute Gasteiger partial charge is 0.337 e. The van der Waals surface area contributed by atoms with Crippen LogP contribution >= 0.6 is 0 Å². The van der Waals surface area contributed by atoms with Gasteiger partial charge in [-0.25, -0.2) is 0 Å². The Labute approximate surface area is 366 Å². The zero-order chi connectivity index (χ0) is 41.4. The second kappa shape index (κ2) is 13.5. The van der Waals surface area contributed by atoms with Gasteiger partial charge in [-0.3, -0.25) is 0 Å². The lowest BCUT2D eigenvalue weighted by Gasteiger charge is -2.43. The number of anilines is 5. The fourth-order valence-electron chi connectivity index (χ4n) is 12.7. The molecule has 0 radical (unpaired) electrons. The molecule has 4 heterocycles. The van der Waals surface area contributed by atoms with E-state index >= 15 is 0 Å². The van der Waals surface area contributed by atoms with E-state index in [-0.39, 0.29) is 23.9 Å². The van der Waals surface area contributed by atoms with Crippen LogP contribution in [-0.2, 0) is 0 Å². The Morgan fingerprint density at radius 3 is 2.10 bits per heavy atom. The first-order valence-electron chi connectivity index (χ1n) is 23.0. The third kappa shape index (κ3) is 5.01. The Balaban J connectivity index is 0.978. The highest BCUT2D eigenvalue weighted by Crippen LogP contribution is 2.65. The average Bonchev–Trinajstić information content (AvgIpc) is 4.02. The van der Waals surface area contributed by atoms with Gasteiger partial charge in [0.05, 0.1) is 41.3 Å². The van der Waals surface area contributed by atoms with Crippen LogP contribution in [-0.4, -0.2) is 23.0 Å². The maximum Gasteiger partial charge on any atom is 0.0723 e. The summed E-state index contributed by atoms with van der Waals surface area (Å²) in [6.45, 7) is 9.05. The second-order valence-corrected chi connectivity index (χ2v) is 18.8. The molecule has 0 saturated carbocycles. The summed E-state index contributed by atoms with van der Waals surface area (Å²) in [7, 11) is 0. The molecule has 13 rings (SSSR count). The van der Waals surface area contributed by atoms with Gasteiger partial charge < -0.3 is 19.6 Å². The fourth-order valence-corrected chi connectivity index (χ4v) is 12.7. The fraction of sp³-hybridized carbons (Fsp3) is 0.241. The Morgan fingerprint density at radius 2 is 1.32 bits per heavy atom. The van der Waals surface area contributed by atoms with Crippen molar-refractivity contribution in [3.05, 3.63) is 219 Å². The molecule has 62 heavy (non-hydrogen) atoms. The number of rotatable bonds is 6. The van der Waals surface area contributed by atoms with Crippen molar-refractivity contribution in [1.29, 1.82) is 0 Å². The van der Waals surface area contributed by atoms with Gasteiger partial charge in [0.1, 0.15) is 0 Å². The molecule has 4 heteroatoms. The maximum atomic E-state index is 2.76. The van der Waals surface area contributed by atoms with Crippen LogP contribution in [0.1, 0.15) is 79.7 Å².